The maximum atomic E-state index is 13.1. The number of nitrogens with zero attached hydrogens (tertiary/aromatic N) is 2. The van der Waals surface area contributed by atoms with E-state index in [0.29, 0.717) is 41.2 Å². The zero-order valence-electron chi connectivity index (χ0n) is 19.7. The number of ether oxygens (including phenoxy) is 3. The van der Waals surface area contributed by atoms with E-state index < -0.39 is 10.8 Å². The third-order valence-electron chi connectivity index (χ3n) is 6.14. The number of methoxy groups -OCH3 is 1. The minimum atomic E-state index is -0.662. The Morgan fingerprint density at radius 1 is 1.20 bits per heavy atom. The molecule has 0 saturated carbocycles. The summed E-state index contributed by atoms with van der Waals surface area (Å²) >= 11 is 0. The van der Waals surface area contributed by atoms with Crippen LogP contribution in [0.1, 0.15) is 43.7 Å². The summed E-state index contributed by atoms with van der Waals surface area (Å²) in [5, 5.41) is 20.7. The highest BCUT2D eigenvalue weighted by Crippen LogP contribution is 2.48. The Hall–Kier alpha value is -4.32. The smallest absolute Gasteiger partial charge is 0.269 e. The summed E-state index contributed by atoms with van der Waals surface area (Å²) in [5.41, 5.74) is 7.87. The molecule has 0 radical (unpaired) electrons. The molecule has 180 valence electrons. The molecule has 2 aromatic rings. The maximum absolute atomic E-state index is 13.1. The molecule has 0 aromatic heterocycles. The van der Waals surface area contributed by atoms with E-state index in [1.165, 1.54) is 19.2 Å². The van der Waals surface area contributed by atoms with Crippen LogP contribution in [0.4, 0.5) is 5.69 Å². The number of nitro benzene ring substituents is 1. The van der Waals surface area contributed by atoms with E-state index in [-0.39, 0.29) is 34.9 Å². The van der Waals surface area contributed by atoms with Gasteiger partial charge in [0.05, 0.1) is 18.0 Å². The molecule has 0 spiro atoms. The number of Topliss-reactive ketones (excluding diaryl/α,β-unsaturated/α-hetero) is 1. The van der Waals surface area contributed by atoms with E-state index in [0.717, 1.165) is 5.56 Å². The topological polar surface area (TPSA) is 138 Å². The molecule has 35 heavy (non-hydrogen) atoms. The first-order valence-corrected chi connectivity index (χ1v) is 11.0. The van der Waals surface area contributed by atoms with E-state index >= 15 is 0 Å². The van der Waals surface area contributed by atoms with Crippen molar-refractivity contribution >= 4 is 11.5 Å². The van der Waals surface area contributed by atoms with Gasteiger partial charge >= 0.3 is 0 Å². The number of ketones is 1. The Labute approximate surface area is 202 Å². The molecule has 9 heteroatoms. The lowest BCUT2D eigenvalue weighted by Crippen LogP contribution is -2.33. The van der Waals surface area contributed by atoms with Crippen LogP contribution >= 0.6 is 0 Å². The van der Waals surface area contributed by atoms with Gasteiger partial charge in [0.25, 0.3) is 5.69 Å². The number of hydrogen-bond donors (Lipinski definition) is 1. The molecule has 4 rings (SSSR count). The van der Waals surface area contributed by atoms with E-state index in [1.807, 2.05) is 13.8 Å². The molecular weight excluding hydrogens is 450 g/mol. The number of hydrogen-bond acceptors (Lipinski definition) is 8. The molecule has 0 unspecified atom stereocenters. The number of nitriles is 1. The van der Waals surface area contributed by atoms with Crippen molar-refractivity contribution in [2.45, 2.75) is 39.2 Å². The summed E-state index contributed by atoms with van der Waals surface area (Å²) in [6, 6.07) is 13.4. The van der Waals surface area contributed by atoms with Gasteiger partial charge in [-0.3, -0.25) is 14.9 Å². The second-order valence-electron chi connectivity index (χ2n) is 9.33. The highest BCUT2D eigenvalue weighted by Gasteiger charge is 2.43. The van der Waals surface area contributed by atoms with Gasteiger partial charge in [0.2, 0.25) is 5.88 Å². The first kappa shape index (κ1) is 23.8. The average Bonchev–Trinajstić information content (AvgIpc) is 2.81. The summed E-state index contributed by atoms with van der Waals surface area (Å²) < 4.78 is 17.2. The molecular formula is C26H25N3O6. The van der Waals surface area contributed by atoms with E-state index in [1.54, 1.807) is 30.3 Å². The van der Waals surface area contributed by atoms with Gasteiger partial charge < -0.3 is 19.9 Å². The molecule has 1 aliphatic carbocycles. The van der Waals surface area contributed by atoms with Crippen molar-refractivity contribution in [1.82, 2.24) is 0 Å². The zero-order valence-corrected chi connectivity index (χ0v) is 19.7. The number of benzene rings is 2. The van der Waals surface area contributed by atoms with Crippen LogP contribution < -0.4 is 15.2 Å². The molecule has 0 amide bonds. The van der Waals surface area contributed by atoms with Gasteiger partial charge in [-0.2, -0.15) is 5.26 Å². The lowest BCUT2D eigenvalue weighted by Gasteiger charge is -2.37. The van der Waals surface area contributed by atoms with Crippen LogP contribution in [0.25, 0.3) is 0 Å². The van der Waals surface area contributed by atoms with Crippen LogP contribution in [-0.2, 0) is 16.1 Å². The van der Waals surface area contributed by atoms with Crippen LogP contribution in [0, 0.1) is 26.9 Å². The van der Waals surface area contributed by atoms with Gasteiger partial charge in [-0.15, -0.1) is 0 Å². The average molecular weight is 476 g/mol. The predicted octanol–water partition coefficient (Wildman–Crippen LogP) is 4.63. The molecule has 9 nitrogen and oxygen atoms in total. The van der Waals surface area contributed by atoms with Gasteiger partial charge in [0.1, 0.15) is 24.0 Å². The van der Waals surface area contributed by atoms with Crippen molar-refractivity contribution in [3.05, 3.63) is 86.5 Å². The third-order valence-corrected chi connectivity index (χ3v) is 6.14. The number of non-ortho nitro benzene ring substituents is 1. The first-order valence-electron chi connectivity index (χ1n) is 11.0. The fourth-order valence-corrected chi connectivity index (χ4v) is 4.48. The fraction of sp³-hybridized carbons (Fsp3) is 0.308. The highest BCUT2D eigenvalue weighted by molar-refractivity contribution is 6.00. The summed E-state index contributed by atoms with van der Waals surface area (Å²) in [4.78, 5) is 23.5. The first-order chi connectivity index (χ1) is 16.6. The van der Waals surface area contributed by atoms with E-state index in [4.69, 9.17) is 19.9 Å². The molecule has 0 saturated heterocycles. The zero-order chi connectivity index (χ0) is 25.3. The van der Waals surface area contributed by atoms with Crippen LogP contribution in [0.2, 0.25) is 0 Å². The number of rotatable bonds is 6. The molecule has 0 fully saturated rings. The van der Waals surface area contributed by atoms with Gasteiger partial charge in [0.15, 0.2) is 17.3 Å². The standard InChI is InChI=1S/C26H25N3O6/c1-26(2)11-19(30)24-22(12-26)35-25(28)18(13-27)23(24)16-6-9-20(21(10-16)33-3)34-14-15-4-7-17(8-5-15)29(31)32/h4-10,23H,11-12,14,28H2,1-3H3/t23-/m0/s1. The van der Waals surface area contributed by atoms with Crippen molar-refractivity contribution in [2.24, 2.45) is 11.1 Å². The number of carbonyl (C=O) groups is 1. The number of allylic oxidation sites excluding steroid dienone is 3. The number of nitrogens with two attached hydrogens (primary N) is 1. The van der Waals surface area contributed by atoms with Crippen molar-refractivity contribution in [1.29, 1.82) is 5.26 Å². The summed E-state index contributed by atoms with van der Waals surface area (Å²) in [6.07, 6.45) is 0.884. The second-order valence-corrected chi connectivity index (χ2v) is 9.33. The Kier molecular flexibility index (Phi) is 6.22. The highest BCUT2D eigenvalue weighted by atomic mass is 16.6. The normalized spacial score (nSPS) is 18.9. The van der Waals surface area contributed by atoms with Crippen molar-refractivity contribution in [3.63, 3.8) is 0 Å². The molecule has 0 bridgehead atoms. The lowest BCUT2D eigenvalue weighted by molar-refractivity contribution is -0.384. The van der Waals surface area contributed by atoms with Gasteiger partial charge in [-0.1, -0.05) is 19.9 Å². The van der Waals surface area contributed by atoms with Crippen LogP contribution in [0.15, 0.2) is 65.3 Å². The number of carbonyl (C=O) groups excluding carboxylic acids is 1. The van der Waals surface area contributed by atoms with Crippen molar-refractivity contribution < 1.29 is 23.9 Å². The summed E-state index contributed by atoms with van der Waals surface area (Å²) in [7, 11) is 1.50. The van der Waals surface area contributed by atoms with Gasteiger partial charge in [-0.05, 0) is 40.8 Å². The van der Waals surface area contributed by atoms with Crippen molar-refractivity contribution in [2.75, 3.05) is 7.11 Å². The molecule has 1 atom stereocenters. The van der Waals surface area contributed by atoms with Crippen LogP contribution in [0.3, 0.4) is 0 Å². The Morgan fingerprint density at radius 3 is 2.54 bits per heavy atom. The summed E-state index contributed by atoms with van der Waals surface area (Å²) in [6.45, 7) is 4.16. The van der Waals surface area contributed by atoms with E-state index in [9.17, 15) is 20.2 Å². The quantitative estimate of drug-likeness (QED) is 0.471. The minimum Gasteiger partial charge on any atom is -0.493 e. The molecule has 2 aliphatic rings. The maximum Gasteiger partial charge on any atom is 0.269 e. The van der Waals surface area contributed by atoms with Crippen molar-refractivity contribution in [3.8, 4) is 17.6 Å². The van der Waals surface area contributed by atoms with Crippen LogP contribution in [0.5, 0.6) is 11.5 Å². The third kappa shape index (κ3) is 4.68. The Morgan fingerprint density at radius 2 is 1.91 bits per heavy atom. The summed E-state index contributed by atoms with van der Waals surface area (Å²) in [5.74, 6) is 0.633. The Bertz CT molecular complexity index is 1300. The SMILES string of the molecule is COc1cc([C@H]2C(C#N)=C(N)OC3=C2C(=O)CC(C)(C)C3)ccc1OCc1ccc([N+](=O)[O-])cc1. The minimum absolute atomic E-state index is 0.000727. The van der Waals surface area contributed by atoms with Gasteiger partial charge in [-0.25, -0.2) is 0 Å². The molecule has 1 heterocycles. The largest absolute Gasteiger partial charge is 0.493 e. The monoisotopic (exact) mass is 475 g/mol. The molecule has 2 N–H and O–H groups in total. The molecule has 1 aliphatic heterocycles. The Balaban J connectivity index is 1.65. The lowest BCUT2D eigenvalue weighted by atomic mass is 9.70. The second kappa shape index (κ2) is 9.14. The fourth-order valence-electron chi connectivity index (χ4n) is 4.48. The van der Waals surface area contributed by atoms with Gasteiger partial charge in [0, 0.05) is 30.5 Å². The molecule has 2 aromatic carbocycles. The van der Waals surface area contributed by atoms with E-state index in [2.05, 4.69) is 6.07 Å². The van der Waals surface area contributed by atoms with Crippen LogP contribution in [-0.4, -0.2) is 17.8 Å². The predicted molar refractivity (Wildman–Crippen MR) is 126 cm³/mol. The number of nitro groups is 1.